The highest BCUT2D eigenvalue weighted by Crippen LogP contribution is 2.45. The van der Waals surface area contributed by atoms with Gasteiger partial charge in [-0.2, -0.15) is 0 Å². The van der Waals surface area contributed by atoms with Crippen molar-refractivity contribution in [3.8, 4) is 28.7 Å². The Morgan fingerprint density at radius 3 is 2.16 bits per heavy atom. The third-order valence-electron chi connectivity index (χ3n) is 7.53. The molecule has 5 rings (SSSR count). The standard InChI is InChI=1S/C27H32O16/c1-8-16(31)23(41-26-20(35)18(33)19(34)25(37)43-26)21(36)27(39-8)42-24-17(32)15-12(30)6-10(28)7-14(15)40-22(24)9-3-4-11(29)13(5-9)38-2/h3-8,16,18-31,33-37H,1-2H3. The van der Waals surface area contributed by atoms with Crippen LogP contribution in [0.3, 0.4) is 0 Å². The van der Waals surface area contributed by atoms with E-state index in [1.54, 1.807) is 0 Å². The quantitative estimate of drug-likeness (QED) is 0.173. The van der Waals surface area contributed by atoms with Crippen LogP contribution in [0.2, 0.25) is 0 Å². The number of carbonyl (C=O) groups is 1. The van der Waals surface area contributed by atoms with E-state index in [4.69, 9.17) is 28.4 Å². The molecular weight excluding hydrogens is 580 g/mol. The predicted molar refractivity (Wildman–Crippen MR) is 137 cm³/mol. The largest absolute Gasteiger partial charge is 0.508 e. The maximum atomic E-state index is 13.7. The Morgan fingerprint density at radius 2 is 1.47 bits per heavy atom. The second-order valence-electron chi connectivity index (χ2n) is 10.4. The summed E-state index contributed by atoms with van der Waals surface area (Å²) in [5.74, 6) is -2.23. The average Bonchev–Trinajstić information content (AvgIpc) is 2.96. The van der Waals surface area contributed by atoms with E-state index >= 15 is 0 Å². The number of Topliss-reactive ketones (excluding diaryl/α,β-unsaturated/α-hetero) is 1. The summed E-state index contributed by atoms with van der Waals surface area (Å²) < 4.78 is 33.2. The maximum absolute atomic E-state index is 13.7. The normalized spacial score (nSPS) is 37.8. The molecule has 16 nitrogen and oxygen atoms in total. The van der Waals surface area contributed by atoms with Crippen LogP contribution in [-0.2, 0) is 18.9 Å². The third-order valence-corrected chi connectivity index (χ3v) is 7.53. The molecule has 2 saturated heterocycles. The zero-order valence-corrected chi connectivity index (χ0v) is 22.7. The van der Waals surface area contributed by atoms with Gasteiger partial charge >= 0.3 is 0 Å². The summed E-state index contributed by atoms with van der Waals surface area (Å²) in [7, 11) is 1.30. The second-order valence-corrected chi connectivity index (χ2v) is 10.4. The third kappa shape index (κ3) is 5.69. The number of ether oxygens (including phenoxy) is 6. The molecule has 0 bridgehead atoms. The highest BCUT2D eigenvalue weighted by Gasteiger charge is 2.52. The Morgan fingerprint density at radius 1 is 0.767 bits per heavy atom. The van der Waals surface area contributed by atoms with Crippen molar-refractivity contribution in [2.24, 2.45) is 0 Å². The molecule has 3 heterocycles. The fourth-order valence-electron chi connectivity index (χ4n) is 5.16. The molecule has 0 spiro atoms. The Balaban J connectivity index is 1.46. The van der Waals surface area contributed by atoms with Crippen molar-refractivity contribution in [1.82, 2.24) is 0 Å². The molecule has 43 heavy (non-hydrogen) atoms. The van der Waals surface area contributed by atoms with Crippen molar-refractivity contribution < 1.29 is 79.2 Å². The van der Waals surface area contributed by atoms with Crippen LogP contribution in [0, 0.1) is 0 Å². The van der Waals surface area contributed by atoms with Crippen molar-refractivity contribution in [2.75, 3.05) is 7.11 Å². The topological polar surface area (TPSA) is 255 Å². The van der Waals surface area contributed by atoms with Crippen LogP contribution in [-0.4, -0.2) is 127 Å². The van der Waals surface area contributed by atoms with Gasteiger partial charge in [-0.05, 0) is 24.6 Å². The molecule has 0 aliphatic carbocycles. The molecule has 2 aromatic rings. The van der Waals surface area contributed by atoms with E-state index in [1.165, 1.54) is 32.2 Å². The van der Waals surface area contributed by atoms with Gasteiger partial charge in [0.2, 0.25) is 5.78 Å². The molecule has 0 amide bonds. The lowest BCUT2D eigenvalue weighted by molar-refractivity contribution is -0.378. The molecule has 2 aromatic carbocycles. The van der Waals surface area contributed by atoms with Gasteiger partial charge in [0, 0.05) is 12.1 Å². The number of fused-ring (bicyclic) bond motifs is 1. The van der Waals surface area contributed by atoms with Gasteiger partial charge < -0.3 is 74.4 Å². The lowest BCUT2D eigenvalue weighted by Gasteiger charge is -2.46. The van der Waals surface area contributed by atoms with Gasteiger partial charge in [-0.15, -0.1) is 0 Å². The number of rotatable bonds is 6. The van der Waals surface area contributed by atoms with Gasteiger partial charge in [0.05, 0.1) is 13.2 Å². The summed E-state index contributed by atoms with van der Waals surface area (Å²) in [5.41, 5.74) is -0.0934. The van der Waals surface area contributed by atoms with Crippen molar-refractivity contribution in [3.05, 3.63) is 41.5 Å². The first-order chi connectivity index (χ1) is 20.3. The van der Waals surface area contributed by atoms with E-state index in [1.807, 2.05) is 0 Å². The van der Waals surface area contributed by atoms with Crippen LogP contribution >= 0.6 is 0 Å². The van der Waals surface area contributed by atoms with Crippen LogP contribution in [0.15, 0.2) is 30.3 Å². The number of aliphatic hydroxyl groups is 6. The maximum Gasteiger partial charge on any atom is 0.203 e. The van der Waals surface area contributed by atoms with E-state index in [9.17, 15) is 50.8 Å². The number of hydrogen-bond acceptors (Lipinski definition) is 16. The molecule has 0 radical (unpaired) electrons. The minimum absolute atomic E-state index is 0.0246. The number of methoxy groups -OCH3 is 1. The first-order valence-electron chi connectivity index (χ1n) is 13.2. The molecule has 236 valence electrons. The summed E-state index contributed by atoms with van der Waals surface area (Å²) in [4.78, 5) is 13.7. The van der Waals surface area contributed by atoms with Crippen LogP contribution in [0.25, 0.3) is 0 Å². The summed E-state index contributed by atoms with van der Waals surface area (Å²) >= 11 is 0. The number of hydrogen-bond donors (Lipinski definition) is 9. The number of aromatic hydroxyl groups is 3. The minimum atomic E-state index is -1.96. The van der Waals surface area contributed by atoms with E-state index in [0.29, 0.717) is 0 Å². The van der Waals surface area contributed by atoms with Crippen LogP contribution < -0.4 is 9.47 Å². The number of ketones is 1. The van der Waals surface area contributed by atoms with Crippen molar-refractivity contribution in [1.29, 1.82) is 0 Å². The Labute approximate surface area is 243 Å². The smallest absolute Gasteiger partial charge is 0.203 e. The Bertz CT molecular complexity index is 1340. The molecule has 16 heteroatoms. The molecule has 12 atom stereocenters. The summed E-state index contributed by atoms with van der Waals surface area (Å²) in [6.07, 6.45) is -20.3. The summed E-state index contributed by atoms with van der Waals surface area (Å²) in [6, 6.07) is 6.07. The van der Waals surface area contributed by atoms with Crippen LogP contribution in [0.4, 0.5) is 0 Å². The molecule has 3 aliphatic rings. The number of aliphatic hydroxyl groups excluding tert-OH is 6. The van der Waals surface area contributed by atoms with Gasteiger partial charge in [-0.25, -0.2) is 0 Å². The van der Waals surface area contributed by atoms with Crippen molar-refractivity contribution >= 4 is 5.78 Å². The molecule has 12 unspecified atom stereocenters. The van der Waals surface area contributed by atoms with Crippen LogP contribution in [0.5, 0.6) is 28.7 Å². The zero-order valence-electron chi connectivity index (χ0n) is 22.7. The highest BCUT2D eigenvalue weighted by atomic mass is 16.8. The van der Waals surface area contributed by atoms with E-state index in [-0.39, 0.29) is 28.4 Å². The number of phenolic OH excluding ortho intramolecular Hbond substituents is 3. The minimum Gasteiger partial charge on any atom is -0.508 e. The monoisotopic (exact) mass is 612 g/mol. The second kappa shape index (κ2) is 12.0. The van der Waals surface area contributed by atoms with Crippen LogP contribution in [0.1, 0.15) is 28.9 Å². The fourth-order valence-corrected chi connectivity index (χ4v) is 5.16. The molecule has 2 fully saturated rings. The van der Waals surface area contributed by atoms with E-state index < -0.39 is 91.1 Å². The molecular formula is C27H32O16. The lowest BCUT2D eigenvalue weighted by Crippen LogP contribution is -2.64. The van der Waals surface area contributed by atoms with Gasteiger partial charge in [-0.1, -0.05) is 6.07 Å². The van der Waals surface area contributed by atoms with Crippen molar-refractivity contribution in [3.63, 3.8) is 0 Å². The molecule has 0 saturated carbocycles. The summed E-state index contributed by atoms with van der Waals surface area (Å²) in [6.45, 7) is 1.39. The van der Waals surface area contributed by atoms with Gasteiger partial charge in [-0.3, -0.25) is 4.79 Å². The summed E-state index contributed by atoms with van der Waals surface area (Å²) in [5, 5.41) is 92.3. The van der Waals surface area contributed by atoms with Crippen molar-refractivity contribution in [2.45, 2.75) is 80.7 Å². The number of benzene rings is 2. The average molecular weight is 613 g/mol. The Hall–Kier alpha value is -3.29. The zero-order chi connectivity index (χ0) is 31.3. The predicted octanol–water partition coefficient (Wildman–Crippen LogP) is -1.88. The molecule has 3 aliphatic heterocycles. The lowest BCUT2D eigenvalue weighted by atomic mass is 9.92. The highest BCUT2D eigenvalue weighted by molar-refractivity contribution is 6.05. The first kappa shape index (κ1) is 31.1. The fraction of sp³-hybridized carbons (Fsp3) is 0.519. The number of phenols is 3. The van der Waals surface area contributed by atoms with E-state index in [2.05, 4.69) is 0 Å². The van der Waals surface area contributed by atoms with Gasteiger partial charge in [0.15, 0.2) is 42.6 Å². The molecule has 9 N–H and O–H groups in total. The van der Waals surface area contributed by atoms with Gasteiger partial charge in [0.1, 0.15) is 59.4 Å². The first-order valence-corrected chi connectivity index (χ1v) is 13.2. The van der Waals surface area contributed by atoms with Gasteiger partial charge in [0.25, 0.3) is 0 Å². The number of carbonyl (C=O) groups excluding carboxylic acids is 1. The SMILES string of the molecule is COc1cc(C2Oc3cc(O)cc(O)c3C(=O)C2OC2OC(C)C(O)C(OC3OC(O)C(O)C(O)C3O)C2O)ccc1O. The Kier molecular flexibility index (Phi) is 8.70. The van der Waals surface area contributed by atoms with E-state index in [0.717, 1.165) is 12.1 Å². The molecule has 0 aromatic heterocycles.